The van der Waals surface area contributed by atoms with Gasteiger partial charge in [0.05, 0.1) is 22.3 Å². The molecule has 4 aromatic rings. The van der Waals surface area contributed by atoms with E-state index in [1.807, 2.05) is 36.4 Å². The monoisotopic (exact) mass is 382 g/mol. The van der Waals surface area contributed by atoms with Gasteiger partial charge in [-0.1, -0.05) is 47.5 Å². The molecule has 3 N–H and O–H groups in total. The van der Waals surface area contributed by atoms with Gasteiger partial charge in [0.2, 0.25) is 0 Å². The highest BCUT2D eigenvalue weighted by atomic mass is 35.5. The lowest BCUT2D eigenvalue weighted by atomic mass is 10.0. The molecule has 0 atom stereocenters. The van der Waals surface area contributed by atoms with Crippen LogP contribution in [0.2, 0.25) is 10.2 Å². The van der Waals surface area contributed by atoms with Gasteiger partial charge in [-0.05, 0) is 30.3 Å². The van der Waals surface area contributed by atoms with Crippen LogP contribution < -0.4 is 5.73 Å². The van der Waals surface area contributed by atoms with Crippen molar-refractivity contribution < 1.29 is 4.79 Å². The third-order valence-electron chi connectivity index (χ3n) is 4.02. The van der Waals surface area contributed by atoms with E-state index in [1.54, 1.807) is 18.2 Å². The van der Waals surface area contributed by atoms with Crippen molar-refractivity contribution in [2.45, 2.75) is 0 Å². The highest BCUT2D eigenvalue weighted by molar-refractivity contribution is 6.32. The first-order valence-corrected chi connectivity index (χ1v) is 8.50. The van der Waals surface area contributed by atoms with Gasteiger partial charge in [-0.2, -0.15) is 0 Å². The van der Waals surface area contributed by atoms with Crippen LogP contribution >= 0.6 is 23.2 Å². The van der Waals surface area contributed by atoms with Crippen LogP contribution in [-0.2, 0) is 0 Å². The van der Waals surface area contributed by atoms with Crippen molar-refractivity contribution in [3.63, 3.8) is 0 Å². The second kappa shape index (κ2) is 6.44. The molecule has 2 aromatic carbocycles. The molecule has 0 spiro atoms. The molecule has 2 aromatic heterocycles. The van der Waals surface area contributed by atoms with Crippen LogP contribution in [-0.4, -0.2) is 20.9 Å². The lowest BCUT2D eigenvalue weighted by Gasteiger charge is -2.08. The normalized spacial score (nSPS) is 11.0. The van der Waals surface area contributed by atoms with Gasteiger partial charge in [-0.25, -0.2) is 9.97 Å². The zero-order valence-corrected chi connectivity index (χ0v) is 14.8. The molecule has 2 heterocycles. The van der Waals surface area contributed by atoms with Crippen molar-refractivity contribution in [2.24, 2.45) is 5.73 Å². The first kappa shape index (κ1) is 16.6. The number of rotatable bonds is 3. The third kappa shape index (κ3) is 2.92. The second-order valence-corrected chi connectivity index (χ2v) is 6.49. The topological polar surface area (TPSA) is 84.7 Å². The zero-order valence-electron chi connectivity index (χ0n) is 13.3. The number of aromatic amines is 1. The molecule has 0 saturated carbocycles. The average Bonchev–Trinajstić information content (AvgIpc) is 3.04. The lowest BCUT2D eigenvalue weighted by Crippen LogP contribution is -2.12. The van der Waals surface area contributed by atoms with Crippen LogP contribution in [0.1, 0.15) is 10.4 Å². The van der Waals surface area contributed by atoms with Crippen molar-refractivity contribution in [3.05, 3.63) is 70.3 Å². The molecule has 0 fully saturated rings. The summed E-state index contributed by atoms with van der Waals surface area (Å²) in [6.07, 6.45) is 0. The summed E-state index contributed by atoms with van der Waals surface area (Å²) in [5, 5.41) is 0.706. The maximum absolute atomic E-state index is 11.4. The number of H-pyrrole nitrogens is 1. The van der Waals surface area contributed by atoms with E-state index in [-0.39, 0.29) is 10.7 Å². The number of aromatic nitrogens is 3. The summed E-state index contributed by atoms with van der Waals surface area (Å²) in [5.41, 5.74) is 9.44. The van der Waals surface area contributed by atoms with Gasteiger partial charge in [0.25, 0.3) is 5.91 Å². The molecule has 4 rings (SSSR count). The van der Waals surface area contributed by atoms with E-state index in [2.05, 4.69) is 15.0 Å². The van der Waals surface area contributed by atoms with Crippen molar-refractivity contribution in [2.75, 3.05) is 0 Å². The summed E-state index contributed by atoms with van der Waals surface area (Å²) in [4.78, 5) is 23.6. The summed E-state index contributed by atoms with van der Waals surface area (Å²) in [6, 6.07) is 16.4. The van der Waals surface area contributed by atoms with Crippen LogP contribution in [0.3, 0.4) is 0 Å². The Labute approximate surface area is 158 Å². The molecule has 0 bridgehead atoms. The van der Waals surface area contributed by atoms with E-state index < -0.39 is 5.91 Å². The largest absolute Gasteiger partial charge is 0.366 e. The number of hydrogen-bond acceptors (Lipinski definition) is 3. The van der Waals surface area contributed by atoms with Crippen LogP contribution in [0.25, 0.3) is 33.7 Å². The smallest absolute Gasteiger partial charge is 0.251 e. The Kier molecular flexibility index (Phi) is 4.11. The molecule has 128 valence electrons. The summed E-state index contributed by atoms with van der Waals surface area (Å²) in [7, 11) is 0. The Balaban J connectivity index is 1.86. The molecular formula is C19H12Cl2N4O. The SMILES string of the molecule is NC(=O)c1ccc(-c2ccccc2-c2nc3ccc(Cl)cc3[nH]2)nc1Cl. The number of primary amides is 1. The second-order valence-electron chi connectivity index (χ2n) is 5.69. The first-order chi connectivity index (χ1) is 12.5. The Morgan fingerprint density at radius 3 is 2.46 bits per heavy atom. The molecule has 0 aliphatic heterocycles. The number of hydrogen-bond donors (Lipinski definition) is 2. The van der Waals surface area contributed by atoms with E-state index in [0.29, 0.717) is 16.5 Å². The maximum atomic E-state index is 11.4. The van der Waals surface area contributed by atoms with Crippen molar-refractivity contribution in [1.29, 1.82) is 0 Å². The standard InChI is InChI=1S/C19H12Cl2N4O/c20-10-5-7-15-16(9-10)25-19(24-15)12-4-2-1-3-11(12)14-8-6-13(18(22)26)17(21)23-14/h1-9H,(H2,22,26)(H,24,25). The van der Waals surface area contributed by atoms with Gasteiger partial charge < -0.3 is 10.7 Å². The number of nitrogens with zero attached hydrogens (tertiary/aromatic N) is 2. The van der Waals surface area contributed by atoms with Gasteiger partial charge in [0, 0.05) is 16.1 Å². The van der Waals surface area contributed by atoms with Crippen LogP contribution in [0, 0.1) is 0 Å². The highest BCUT2D eigenvalue weighted by Crippen LogP contribution is 2.32. The number of imidazole rings is 1. The van der Waals surface area contributed by atoms with Gasteiger partial charge in [0.1, 0.15) is 11.0 Å². The van der Waals surface area contributed by atoms with Crippen LogP contribution in [0.5, 0.6) is 0 Å². The Morgan fingerprint density at radius 1 is 0.962 bits per heavy atom. The third-order valence-corrected chi connectivity index (χ3v) is 4.54. The molecule has 0 unspecified atom stereocenters. The minimum absolute atomic E-state index is 0.0705. The number of fused-ring (bicyclic) bond motifs is 1. The molecule has 0 aliphatic carbocycles. The maximum Gasteiger partial charge on any atom is 0.251 e. The Bertz CT molecular complexity index is 1150. The molecule has 0 saturated heterocycles. The van der Waals surface area contributed by atoms with Crippen LogP contribution in [0.4, 0.5) is 0 Å². The number of nitrogens with two attached hydrogens (primary N) is 1. The number of pyridine rings is 1. The number of amides is 1. The number of carbonyl (C=O) groups is 1. The van der Waals surface area contributed by atoms with Crippen molar-refractivity contribution in [3.8, 4) is 22.6 Å². The van der Waals surface area contributed by atoms with Gasteiger partial charge >= 0.3 is 0 Å². The molecular weight excluding hydrogens is 371 g/mol. The van der Waals surface area contributed by atoms with Gasteiger partial charge in [0.15, 0.2) is 0 Å². The highest BCUT2D eigenvalue weighted by Gasteiger charge is 2.15. The zero-order chi connectivity index (χ0) is 18.3. The summed E-state index contributed by atoms with van der Waals surface area (Å²) >= 11 is 12.2. The Morgan fingerprint density at radius 2 is 1.73 bits per heavy atom. The molecule has 7 heteroatoms. The van der Waals surface area contributed by atoms with E-state index in [1.165, 1.54) is 0 Å². The fourth-order valence-electron chi connectivity index (χ4n) is 2.79. The van der Waals surface area contributed by atoms with Crippen molar-refractivity contribution in [1.82, 2.24) is 15.0 Å². The summed E-state index contributed by atoms with van der Waals surface area (Å²) in [5.74, 6) is 0.0752. The molecule has 0 radical (unpaired) electrons. The minimum atomic E-state index is -0.614. The number of benzene rings is 2. The molecule has 1 amide bonds. The van der Waals surface area contributed by atoms with E-state index in [9.17, 15) is 4.79 Å². The van der Waals surface area contributed by atoms with E-state index >= 15 is 0 Å². The van der Waals surface area contributed by atoms with Gasteiger partial charge in [-0.15, -0.1) is 0 Å². The Hall–Kier alpha value is -2.89. The predicted octanol–water partition coefficient (Wildman–Crippen LogP) is 4.70. The number of nitrogens with one attached hydrogen (secondary N) is 1. The van der Waals surface area contributed by atoms with E-state index in [0.717, 1.165) is 22.2 Å². The average molecular weight is 383 g/mol. The molecule has 0 aliphatic rings. The first-order valence-electron chi connectivity index (χ1n) is 7.74. The molecule has 5 nitrogen and oxygen atoms in total. The summed E-state index contributed by atoms with van der Waals surface area (Å²) in [6.45, 7) is 0. The predicted molar refractivity (Wildman–Crippen MR) is 103 cm³/mol. The number of halogens is 2. The lowest BCUT2D eigenvalue weighted by molar-refractivity contribution is 0.1000. The fourth-order valence-corrected chi connectivity index (χ4v) is 3.21. The number of carbonyl (C=O) groups excluding carboxylic acids is 1. The van der Waals surface area contributed by atoms with Gasteiger partial charge in [-0.3, -0.25) is 4.79 Å². The molecule has 26 heavy (non-hydrogen) atoms. The fraction of sp³-hybridized carbons (Fsp3) is 0. The van der Waals surface area contributed by atoms with Crippen LogP contribution in [0.15, 0.2) is 54.6 Å². The summed E-state index contributed by atoms with van der Waals surface area (Å²) < 4.78 is 0. The minimum Gasteiger partial charge on any atom is -0.366 e. The van der Waals surface area contributed by atoms with Crippen molar-refractivity contribution >= 4 is 40.1 Å². The van der Waals surface area contributed by atoms with E-state index in [4.69, 9.17) is 28.9 Å². The quantitative estimate of drug-likeness (QED) is 0.503.